The Morgan fingerprint density at radius 1 is 1.08 bits per heavy atom. The number of carbonyl (C=O) groups excluding carboxylic acids is 3. The molecule has 2 saturated heterocycles. The number of hydrogen-bond donors (Lipinski definition) is 1. The lowest BCUT2D eigenvalue weighted by Gasteiger charge is -2.36. The van der Waals surface area contributed by atoms with E-state index < -0.39 is 18.0 Å². The van der Waals surface area contributed by atoms with E-state index >= 15 is 4.39 Å². The van der Waals surface area contributed by atoms with Crippen molar-refractivity contribution in [2.45, 2.75) is 13.0 Å². The third-order valence-corrected chi connectivity index (χ3v) is 6.44. The van der Waals surface area contributed by atoms with Crippen molar-refractivity contribution < 1.29 is 33.0 Å². The van der Waals surface area contributed by atoms with Crippen LogP contribution in [0.4, 0.5) is 20.6 Å². The fourth-order valence-electron chi connectivity index (χ4n) is 4.47. The Morgan fingerprint density at radius 3 is 2.62 bits per heavy atom. The molecule has 0 spiro atoms. The van der Waals surface area contributed by atoms with Crippen LogP contribution in [-0.2, 0) is 14.3 Å². The molecule has 0 saturated carbocycles. The van der Waals surface area contributed by atoms with Gasteiger partial charge in [-0.05, 0) is 42.0 Å². The van der Waals surface area contributed by atoms with Crippen LogP contribution in [-0.4, -0.2) is 75.0 Å². The first-order chi connectivity index (χ1) is 17.9. The van der Waals surface area contributed by atoms with Crippen molar-refractivity contribution in [3.63, 3.8) is 0 Å². The van der Waals surface area contributed by atoms with E-state index in [0.717, 1.165) is 5.56 Å². The largest absolute Gasteiger partial charge is 0.454 e. The summed E-state index contributed by atoms with van der Waals surface area (Å²) in [4.78, 5) is 40.9. The van der Waals surface area contributed by atoms with Crippen molar-refractivity contribution >= 4 is 35.4 Å². The Balaban J connectivity index is 1.15. The lowest BCUT2D eigenvalue weighted by Crippen LogP contribution is -2.48. The smallest absolute Gasteiger partial charge is 0.414 e. The Kier molecular flexibility index (Phi) is 6.85. The maximum Gasteiger partial charge on any atom is 0.414 e. The second-order valence-corrected chi connectivity index (χ2v) is 8.95. The van der Waals surface area contributed by atoms with Gasteiger partial charge in [0, 0.05) is 39.2 Å². The van der Waals surface area contributed by atoms with E-state index in [9.17, 15) is 14.4 Å². The Labute approximate surface area is 213 Å². The van der Waals surface area contributed by atoms with Crippen LogP contribution in [0.5, 0.6) is 11.5 Å². The number of anilines is 2. The number of halogens is 1. The number of fused-ring (bicyclic) bond motifs is 1. The lowest BCUT2D eigenvalue weighted by molar-refractivity contribution is -0.126. The van der Waals surface area contributed by atoms with Crippen LogP contribution in [0, 0.1) is 5.82 Å². The van der Waals surface area contributed by atoms with Crippen molar-refractivity contribution in [1.29, 1.82) is 0 Å². The fraction of sp³-hybridized carbons (Fsp3) is 0.346. The SMILES string of the molecule is CC(=O)NC[C@H]1CN(c2ccc(N3CCN(C(=O)/C=C/c4ccc5c(c4)OCO5)CC3)c(F)c2)C(=O)O1. The van der Waals surface area contributed by atoms with E-state index in [1.54, 1.807) is 23.1 Å². The second kappa shape index (κ2) is 10.4. The predicted octanol–water partition coefficient (Wildman–Crippen LogP) is 2.38. The van der Waals surface area contributed by atoms with E-state index in [0.29, 0.717) is 49.1 Å². The highest BCUT2D eigenvalue weighted by Crippen LogP contribution is 2.33. The van der Waals surface area contributed by atoms with Crippen LogP contribution in [0.1, 0.15) is 12.5 Å². The molecule has 0 bridgehead atoms. The normalized spacial score (nSPS) is 18.9. The first-order valence-electron chi connectivity index (χ1n) is 12.0. The maximum atomic E-state index is 15.0. The number of hydrogen-bond acceptors (Lipinski definition) is 7. The second-order valence-electron chi connectivity index (χ2n) is 8.95. The van der Waals surface area contributed by atoms with Gasteiger partial charge < -0.3 is 29.3 Å². The third-order valence-electron chi connectivity index (χ3n) is 6.44. The zero-order chi connectivity index (χ0) is 25.9. The molecule has 2 aromatic rings. The highest BCUT2D eigenvalue weighted by atomic mass is 19.1. The van der Waals surface area contributed by atoms with Crippen LogP contribution in [0.15, 0.2) is 42.5 Å². The summed E-state index contributed by atoms with van der Waals surface area (Å²) in [5.74, 6) is 0.550. The van der Waals surface area contributed by atoms with Gasteiger partial charge in [0.05, 0.1) is 24.5 Å². The van der Waals surface area contributed by atoms with E-state index in [1.807, 2.05) is 23.1 Å². The lowest BCUT2D eigenvalue weighted by atomic mass is 10.1. The number of ether oxygens (including phenoxy) is 3. The topological polar surface area (TPSA) is 101 Å². The van der Waals surface area contributed by atoms with Crippen molar-refractivity contribution in [3.05, 3.63) is 53.9 Å². The molecule has 2 fully saturated rings. The molecule has 0 aliphatic carbocycles. The molecular weight excluding hydrogens is 483 g/mol. The number of amides is 3. The van der Waals surface area contributed by atoms with Gasteiger partial charge in [0.25, 0.3) is 0 Å². The Bertz CT molecular complexity index is 1240. The molecule has 3 amide bonds. The molecule has 10 nitrogen and oxygen atoms in total. The number of nitrogens with one attached hydrogen (secondary N) is 1. The number of piperazine rings is 1. The van der Waals surface area contributed by atoms with Gasteiger partial charge in [-0.1, -0.05) is 6.07 Å². The van der Waals surface area contributed by atoms with Crippen LogP contribution < -0.4 is 24.6 Å². The van der Waals surface area contributed by atoms with E-state index in [1.165, 1.54) is 24.0 Å². The summed E-state index contributed by atoms with van der Waals surface area (Å²) in [5, 5.41) is 2.61. The van der Waals surface area contributed by atoms with Crippen molar-refractivity contribution in [2.24, 2.45) is 0 Å². The van der Waals surface area contributed by atoms with Gasteiger partial charge in [-0.2, -0.15) is 0 Å². The van der Waals surface area contributed by atoms with Gasteiger partial charge in [0.1, 0.15) is 11.9 Å². The maximum absolute atomic E-state index is 15.0. The van der Waals surface area contributed by atoms with Crippen molar-refractivity contribution in [2.75, 3.05) is 55.9 Å². The quantitative estimate of drug-likeness (QED) is 0.596. The number of nitrogens with zero attached hydrogens (tertiary/aromatic N) is 3. The predicted molar refractivity (Wildman–Crippen MR) is 133 cm³/mol. The van der Waals surface area contributed by atoms with Crippen molar-refractivity contribution in [3.8, 4) is 11.5 Å². The molecule has 0 radical (unpaired) electrons. The van der Waals surface area contributed by atoms with E-state index in [-0.39, 0.29) is 31.7 Å². The summed E-state index contributed by atoms with van der Waals surface area (Å²) in [6.45, 7) is 3.86. The van der Waals surface area contributed by atoms with Gasteiger partial charge in [-0.25, -0.2) is 9.18 Å². The van der Waals surface area contributed by atoms with Crippen molar-refractivity contribution in [1.82, 2.24) is 10.2 Å². The standard InChI is InChI=1S/C26H27FN4O6/c1-17(32)28-14-20-15-31(26(34)37-20)19-4-5-22(21(27)13-19)29-8-10-30(11-9-29)25(33)7-3-18-2-6-23-24(12-18)36-16-35-23/h2-7,12-13,20H,8-11,14-16H2,1H3,(H,28,32)/b7-3+/t20-/m0/s1. The molecule has 2 aromatic carbocycles. The number of carbonyl (C=O) groups is 3. The Hall–Kier alpha value is -4.28. The average molecular weight is 511 g/mol. The van der Waals surface area contributed by atoms with Crippen LogP contribution in [0.3, 0.4) is 0 Å². The Morgan fingerprint density at radius 2 is 1.86 bits per heavy atom. The summed E-state index contributed by atoms with van der Waals surface area (Å²) in [7, 11) is 0. The monoisotopic (exact) mass is 510 g/mol. The summed E-state index contributed by atoms with van der Waals surface area (Å²) >= 11 is 0. The molecule has 37 heavy (non-hydrogen) atoms. The molecular formula is C26H27FN4O6. The van der Waals surface area contributed by atoms with Crippen LogP contribution in [0.25, 0.3) is 6.08 Å². The molecule has 3 heterocycles. The number of rotatable bonds is 6. The minimum atomic E-state index is -0.580. The molecule has 3 aliphatic heterocycles. The summed E-state index contributed by atoms with van der Waals surface area (Å²) in [6, 6.07) is 10.1. The third kappa shape index (κ3) is 5.45. The molecule has 194 valence electrons. The molecule has 1 N–H and O–H groups in total. The molecule has 0 unspecified atom stereocenters. The summed E-state index contributed by atoms with van der Waals surface area (Å²) in [6.07, 6.45) is 2.18. The zero-order valence-electron chi connectivity index (χ0n) is 20.3. The highest BCUT2D eigenvalue weighted by Gasteiger charge is 2.33. The van der Waals surface area contributed by atoms with E-state index in [2.05, 4.69) is 5.32 Å². The first kappa shape index (κ1) is 24.4. The molecule has 0 aromatic heterocycles. The van der Waals surface area contributed by atoms with Gasteiger partial charge in [-0.3, -0.25) is 14.5 Å². The molecule has 11 heteroatoms. The fourth-order valence-corrected chi connectivity index (χ4v) is 4.47. The first-order valence-corrected chi connectivity index (χ1v) is 12.0. The zero-order valence-corrected chi connectivity index (χ0v) is 20.3. The number of cyclic esters (lactones) is 1. The van der Waals surface area contributed by atoms with Gasteiger partial charge in [0.2, 0.25) is 18.6 Å². The summed E-state index contributed by atoms with van der Waals surface area (Å²) < 4.78 is 30.9. The number of benzene rings is 2. The van der Waals surface area contributed by atoms with Crippen LogP contribution in [0.2, 0.25) is 0 Å². The van der Waals surface area contributed by atoms with Gasteiger partial charge >= 0.3 is 6.09 Å². The highest BCUT2D eigenvalue weighted by molar-refractivity contribution is 5.92. The van der Waals surface area contributed by atoms with Gasteiger partial charge in [0.15, 0.2) is 11.5 Å². The molecule has 1 atom stereocenters. The molecule has 3 aliphatic rings. The minimum absolute atomic E-state index is 0.116. The van der Waals surface area contributed by atoms with Gasteiger partial charge in [-0.15, -0.1) is 0 Å². The average Bonchev–Trinajstić information content (AvgIpc) is 3.52. The summed E-state index contributed by atoms with van der Waals surface area (Å²) in [5.41, 5.74) is 1.63. The van der Waals surface area contributed by atoms with Crippen LogP contribution >= 0.6 is 0 Å². The minimum Gasteiger partial charge on any atom is -0.454 e. The van der Waals surface area contributed by atoms with E-state index in [4.69, 9.17) is 14.2 Å². The molecule has 5 rings (SSSR count).